The molecule has 38 heavy (non-hydrogen) atoms. The lowest BCUT2D eigenvalue weighted by molar-refractivity contribution is -0.119. The molecule has 3 aromatic rings. The SMILES string of the molecule is COc1ccc(/C(C)=N\NC(=O)CN(c2ccc(OC)c(OC)c2)S(=O)(=O)c2ccc(C)cc2)cc1OC. The summed E-state index contributed by atoms with van der Waals surface area (Å²) in [4.78, 5) is 13.0. The lowest BCUT2D eigenvalue weighted by atomic mass is 10.1. The number of rotatable bonds is 11. The van der Waals surface area contributed by atoms with E-state index in [1.165, 1.54) is 46.6 Å². The Morgan fingerprint density at radius 3 is 1.95 bits per heavy atom. The smallest absolute Gasteiger partial charge is 0.264 e. The molecule has 0 bridgehead atoms. The van der Waals surface area contributed by atoms with Crippen LogP contribution >= 0.6 is 0 Å². The van der Waals surface area contributed by atoms with Crippen LogP contribution in [0.25, 0.3) is 0 Å². The summed E-state index contributed by atoms with van der Waals surface area (Å²) in [6.45, 7) is 3.03. The number of nitrogens with zero attached hydrogens (tertiary/aromatic N) is 2. The molecule has 0 aromatic heterocycles. The number of hydrogen-bond donors (Lipinski definition) is 1. The van der Waals surface area contributed by atoms with Gasteiger partial charge in [0, 0.05) is 11.6 Å². The van der Waals surface area contributed by atoms with Gasteiger partial charge in [-0.25, -0.2) is 13.8 Å². The number of hydrazone groups is 1. The number of ether oxygens (including phenoxy) is 4. The summed E-state index contributed by atoms with van der Waals surface area (Å²) in [5, 5.41) is 4.15. The topological polar surface area (TPSA) is 116 Å². The minimum Gasteiger partial charge on any atom is -0.493 e. The fraction of sp³-hybridized carbons (Fsp3) is 0.259. The third-order valence-electron chi connectivity index (χ3n) is 5.70. The monoisotopic (exact) mass is 541 g/mol. The zero-order valence-electron chi connectivity index (χ0n) is 22.1. The Bertz CT molecular complexity index is 1420. The number of nitrogens with one attached hydrogen (secondary N) is 1. The Hall–Kier alpha value is -4.25. The minimum absolute atomic E-state index is 0.0377. The molecule has 0 aliphatic heterocycles. The maximum atomic E-state index is 13.6. The quantitative estimate of drug-likeness (QED) is 0.290. The Balaban J connectivity index is 1.92. The van der Waals surface area contributed by atoms with E-state index in [1.54, 1.807) is 49.4 Å². The van der Waals surface area contributed by atoms with E-state index in [0.717, 1.165) is 9.87 Å². The molecule has 0 atom stereocenters. The molecule has 0 heterocycles. The van der Waals surface area contributed by atoms with Crippen LogP contribution in [0.1, 0.15) is 18.1 Å². The molecule has 0 radical (unpaired) electrons. The highest BCUT2D eigenvalue weighted by Gasteiger charge is 2.28. The van der Waals surface area contributed by atoms with E-state index in [1.807, 2.05) is 6.92 Å². The van der Waals surface area contributed by atoms with E-state index in [-0.39, 0.29) is 10.6 Å². The van der Waals surface area contributed by atoms with Gasteiger partial charge < -0.3 is 18.9 Å². The van der Waals surface area contributed by atoms with Crippen molar-refractivity contribution in [2.24, 2.45) is 5.10 Å². The fourth-order valence-corrected chi connectivity index (χ4v) is 4.98. The van der Waals surface area contributed by atoms with Crippen molar-refractivity contribution in [3.05, 3.63) is 71.8 Å². The first-order valence-electron chi connectivity index (χ1n) is 11.5. The summed E-state index contributed by atoms with van der Waals surface area (Å²) in [6.07, 6.45) is 0. The first-order chi connectivity index (χ1) is 18.1. The molecule has 0 saturated heterocycles. The molecule has 11 heteroatoms. The average molecular weight is 542 g/mol. The number of carbonyl (C=O) groups excluding carboxylic acids is 1. The molecule has 3 rings (SSSR count). The van der Waals surface area contributed by atoms with E-state index >= 15 is 0 Å². The van der Waals surface area contributed by atoms with Gasteiger partial charge in [0.1, 0.15) is 6.54 Å². The van der Waals surface area contributed by atoms with E-state index in [0.29, 0.717) is 34.3 Å². The van der Waals surface area contributed by atoms with E-state index in [4.69, 9.17) is 18.9 Å². The largest absolute Gasteiger partial charge is 0.493 e. The molecule has 0 aliphatic rings. The highest BCUT2D eigenvalue weighted by Crippen LogP contribution is 2.34. The van der Waals surface area contributed by atoms with Crippen molar-refractivity contribution in [1.29, 1.82) is 0 Å². The molecule has 0 fully saturated rings. The molecule has 202 valence electrons. The average Bonchev–Trinajstić information content (AvgIpc) is 2.93. The lowest BCUT2D eigenvalue weighted by Crippen LogP contribution is -2.39. The lowest BCUT2D eigenvalue weighted by Gasteiger charge is -2.24. The molecule has 3 aromatic carbocycles. The number of aryl methyl sites for hydroxylation is 1. The van der Waals surface area contributed by atoms with Crippen LogP contribution in [-0.4, -0.2) is 55.0 Å². The maximum Gasteiger partial charge on any atom is 0.264 e. The predicted octanol–water partition coefficient (Wildman–Crippen LogP) is 3.77. The highest BCUT2D eigenvalue weighted by molar-refractivity contribution is 7.92. The summed E-state index contributed by atoms with van der Waals surface area (Å²) < 4.78 is 49.4. The number of carbonyl (C=O) groups is 1. The first-order valence-corrected chi connectivity index (χ1v) is 13.0. The fourth-order valence-electron chi connectivity index (χ4n) is 3.57. The van der Waals surface area contributed by atoms with Gasteiger partial charge in [0.25, 0.3) is 15.9 Å². The van der Waals surface area contributed by atoms with Gasteiger partial charge in [-0.15, -0.1) is 0 Å². The van der Waals surface area contributed by atoms with Crippen LogP contribution in [-0.2, 0) is 14.8 Å². The molecule has 0 saturated carbocycles. The third-order valence-corrected chi connectivity index (χ3v) is 7.49. The van der Waals surface area contributed by atoms with Crippen molar-refractivity contribution in [3.8, 4) is 23.0 Å². The summed E-state index contributed by atoms with van der Waals surface area (Å²) in [7, 11) is 1.86. The highest BCUT2D eigenvalue weighted by atomic mass is 32.2. The molecule has 0 aliphatic carbocycles. The van der Waals surface area contributed by atoms with Crippen molar-refractivity contribution in [3.63, 3.8) is 0 Å². The van der Waals surface area contributed by atoms with Crippen molar-refractivity contribution in [1.82, 2.24) is 5.43 Å². The maximum absolute atomic E-state index is 13.6. The van der Waals surface area contributed by atoms with Crippen LogP contribution in [0.15, 0.2) is 70.7 Å². The predicted molar refractivity (Wildman–Crippen MR) is 145 cm³/mol. The first kappa shape index (κ1) is 28.3. The summed E-state index contributed by atoms with van der Waals surface area (Å²) >= 11 is 0. The summed E-state index contributed by atoms with van der Waals surface area (Å²) in [5.41, 5.74) is 4.74. The van der Waals surface area contributed by atoms with Crippen molar-refractivity contribution in [2.45, 2.75) is 18.7 Å². The van der Waals surface area contributed by atoms with Crippen molar-refractivity contribution in [2.75, 3.05) is 39.3 Å². The second-order valence-corrected chi connectivity index (χ2v) is 10.0. The minimum atomic E-state index is -4.12. The van der Waals surface area contributed by atoms with E-state index in [9.17, 15) is 13.2 Å². The molecule has 0 unspecified atom stereocenters. The number of hydrogen-bond acceptors (Lipinski definition) is 8. The van der Waals surface area contributed by atoms with Gasteiger partial charge in [-0.2, -0.15) is 5.10 Å². The normalized spacial score (nSPS) is 11.5. The zero-order chi connectivity index (χ0) is 27.9. The number of sulfonamides is 1. The molecule has 1 amide bonds. The zero-order valence-corrected chi connectivity index (χ0v) is 23.0. The van der Waals surface area contributed by atoms with Gasteiger partial charge >= 0.3 is 0 Å². The molecular formula is C27H31N3O7S. The second kappa shape index (κ2) is 12.3. The van der Waals surface area contributed by atoms with Gasteiger partial charge in [0.2, 0.25) is 0 Å². The summed E-state index contributed by atoms with van der Waals surface area (Å²) in [5.74, 6) is 1.16. The molecule has 1 N–H and O–H groups in total. The van der Waals surface area contributed by atoms with E-state index in [2.05, 4.69) is 10.5 Å². The second-order valence-electron chi connectivity index (χ2n) is 8.17. The Morgan fingerprint density at radius 1 is 0.816 bits per heavy atom. The van der Waals surface area contributed by atoms with Crippen LogP contribution in [0, 0.1) is 6.92 Å². The van der Waals surface area contributed by atoms with Crippen LogP contribution in [0.4, 0.5) is 5.69 Å². The Kier molecular flexibility index (Phi) is 9.19. The van der Waals surface area contributed by atoms with Crippen LogP contribution in [0.5, 0.6) is 23.0 Å². The van der Waals surface area contributed by atoms with Crippen LogP contribution in [0.2, 0.25) is 0 Å². The number of benzene rings is 3. The molecule has 0 spiro atoms. The van der Waals surface area contributed by atoms with Gasteiger partial charge in [-0.05, 0) is 56.3 Å². The Morgan fingerprint density at radius 2 is 1.37 bits per heavy atom. The van der Waals surface area contributed by atoms with Crippen LogP contribution < -0.4 is 28.7 Å². The van der Waals surface area contributed by atoms with Gasteiger partial charge in [-0.3, -0.25) is 9.10 Å². The summed E-state index contributed by atoms with van der Waals surface area (Å²) in [6, 6.07) is 16.2. The number of methoxy groups -OCH3 is 4. The van der Waals surface area contributed by atoms with Gasteiger partial charge in [0.15, 0.2) is 23.0 Å². The van der Waals surface area contributed by atoms with Crippen molar-refractivity contribution < 1.29 is 32.2 Å². The van der Waals surface area contributed by atoms with Gasteiger partial charge in [0.05, 0.1) is 44.7 Å². The van der Waals surface area contributed by atoms with Crippen molar-refractivity contribution >= 4 is 27.3 Å². The number of anilines is 1. The molecule has 10 nitrogen and oxygen atoms in total. The van der Waals surface area contributed by atoms with Crippen LogP contribution in [0.3, 0.4) is 0 Å². The standard InChI is InChI=1S/C27H31N3O7S/c1-18-7-11-22(12-8-18)38(32,33)30(21-10-14-24(35-4)26(16-21)37-6)17-27(31)29-28-19(2)20-9-13-23(34-3)25(15-20)36-5/h7-16H,17H2,1-6H3,(H,29,31)/b28-19-. The molecular weight excluding hydrogens is 510 g/mol. The Labute approximate surface area is 222 Å². The number of amides is 1. The third kappa shape index (κ3) is 6.35. The van der Waals surface area contributed by atoms with Gasteiger partial charge in [-0.1, -0.05) is 17.7 Å². The van der Waals surface area contributed by atoms with E-state index < -0.39 is 22.5 Å².